The molecule has 4 aromatic carbocycles. The molecule has 1 saturated heterocycles. The lowest BCUT2D eigenvalue weighted by atomic mass is 10.0. The largest absolute Gasteiger partial charge is 0.508 e. The molecular weight excluding hydrogens is 1230 g/mol. The average molecular weight is 1320 g/mol. The molecule has 0 bridgehead atoms. The van der Waals surface area contributed by atoms with Crippen LogP contribution in [-0.4, -0.2) is 162 Å². The van der Waals surface area contributed by atoms with Crippen LogP contribution in [0.4, 0.5) is 5.69 Å². The van der Waals surface area contributed by atoms with Gasteiger partial charge in [-0.3, -0.25) is 62.7 Å². The molecule has 8 atom stereocenters. The minimum Gasteiger partial charge on any atom is -0.508 e. The van der Waals surface area contributed by atoms with Gasteiger partial charge in [-0.2, -0.15) is 0 Å². The third kappa shape index (κ3) is 25.6. The molecule has 508 valence electrons. The summed E-state index contributed by atoms with van der Waals surface area (Å²) in [5.41, 5.74) is 50.3. The molecule has 11 amide bonds. The zero-order valence-electron chi connectivity index (χ0n) is 52.3. The Morgan fingerprint density at radius 1 is 0.558 bits per heavy atom. The third-order valence-corrected chi connectivity index (χ3v) is 15.0. The fourth-order valence-electron chi connectivity index (χ4n) is 10.2. The summed E-state index contributed by atoms with van der Waals surface area (Å²) in [6, 6.07) is 15.3. The maximum Gasteiger partial charge on any atom is 0.245 e. The molecular formula is C62H82N20O13. The number of primary amides is 3. The van der Waals surface area contributed by atoms with E-state index in [1.54, 1.807) is 66.7 Å². The summed E-state index contributed by atoms with van der Waals surface area (Å²) in [4.78, 5) is 164. The SMILES string of the molecule is COc1ccc(C[C@@H](NC(=O)Cc2ccc(N=[N+]=[N-])cc2)C(=O)N[C@@H](Cc2ccccc2)C(=O)N[C@@H](CCC(N)=O)C(=O)N[C@@H](CC(N)=O)C(=O)N[C@@H](CCCN=C(N)N)C(=O)N2CCC[C@H]2C(=O)N[C@@H](CCCN=C(N)N)C(=O)N[C@@H](Cc2ccc(O)cc2)C(N)=O)cc1. The van der Waals surface area contributed by atoms with Crippen molar-refractivity contribution < 1.29 is 62.6 Å². The van der Waals surface area contributed by atoms with Gasteiger partial charge in [-0.25, -0.2) is 0 Å². The van der Waals surface area contributed by atoms with Crippen LogP contribution >= 0.6 is 0 Å². The van der Waals surface area contributed by atoms with Gasteiger partial charge in [0.15, 0.2) is 11.9 Å². The highest BCUT2D eigenvalue weighted by molar-refractivity contribution is 5.99. The van der Waals surface area contributed by atoms with Gasteiger partial charge in [-0.05, 0) is 97.0 Å². The normalized spacial score (nSPS) is 14.5. The van der Waals surface area contributed by atoms with Crippen molar-refractivity contribution in [2.24, 2.45) is 55.2 Å². The van der Waals surface area contributed by atoms with Crippen molar-refractivity contribution in [2.75, 3.05) is 26.7 Å². The second-order valence-corrected chi connectivity index (χ2v) is 22.3. The lowest BCUT2D eigenvalue weighted by Crippen LogP contribution is -2.61. The highest BCUT2D eigenvalue weighted by atomic mass is 16.5. The molecule has 4 aromatic rings. The van der Waals surface area contributed by atoms with Crippen LogP contribution < -0.4 is 82.1 Å². The minimum atomic E-state index is -1.87. The van der Waals surface area contributed by atoms with Gasteiger partial charge in [0, 0.05) is 55.9 Å². The van der Waals surface area contributed by atoms with E-state index >= 15 is 0 Å². The number of azide groups is 1. The Labute approximate surface area is 546 Å². The van der Waals surface area contributed by atoms with Gasteiger partial charge in [0.1, 0.15) is 59.8 Å². The number of likely N-dealkylation sites (tertiary alicyclic amines) is 1. The molecule has 0 spiro atoms. The van der Waals surface area contributed by atoms with Crippen LogP contribution in [-0.2, 0) is 78.4 Å². The van der Waals surface area contributed by atoms with Crippen LogP contribution in [0, 0.1) is 0 Å². The number of carbonyl (C=O) groups is 11. The highest BCUT2D eigenvalue weighted by Crippen LogP contribution is 2.22. The van der Waals surface area contributed by atoms with E-state index in [9.17, 15) is 57.8 Å². The van der Waals surface area contributed by atoms with E-state index in [4.69, 9.17) is 50.4 Å². The average Bonchev–Trinajstić information content (AvgIpc) is 1.77. The van der Waals surface area contributed by atoms with Crippen molar-refractivity contribution in [1.29, 1.82) is 0 Å². The summed E-state index contributed by atoms with van der Waals surface area (Å²) >= 11 is 0. The Morgan fingerprint density at radius 2 is 1.03 bits per heavy atom. The smallest absolute Gasteiger partial charge is 0.245 e. The number of phenolic OH excluding ortho intramolecular Hbond substituents is 1. The second-order valence-electron chi connectivity index (χ2n) is 22.3. The Hall–Kier alpha value is -11.5. The molecule has 5 rings (SSSR count). The Kier molecular flexibility index (Phi) is 29.5. The predicted molar refractivity (Wildman–Crippen MR) is 347 cm³/mol. The van der Waals surface area contributed by atoms with Crippen LogP contribution in [0.5, 0.6) is 11.5 Å². The summed E-state index contributed by atoms with van der Waals surface area (Å²) in [7, 11) is 1.47. The molecule has 0 unspecified atom stereocenters. The number of ether oxygens (including phenoxy) is 1. The molecule has 0 aliphatic carbocycles. The van der Waals surface area contributed by atoms with Gasteiger partial charge in [-0.1, -0.05) is 84.0 Å². The molecule has 0 saturated carbocycles. The first kappa shape index (κ1) is 74.2. The lowest BCUT2D eigenvalue weighted by molar-refractivity contribution is -0.143. The van der Waals surface area contributed by atoms with Crippen molar-refractivity contribution in [3.05, 3.63) is 136 Å². The Morgan fingerprint density at radius 3 is 1.58 bits per heavy atom. The number of guanidine groups is 2. The van der Waals surface area contributed by atoms with Gasteiger partial charge in [-0.15, -0.1) is 0 Å². The molecule has 1 fully saturated rings. The number of methoxy groups -OCH3 is 1. The van der Waals surface area contributed by atoms with Crippen LogP contribution in [0.15, 0.2) is 118 Å². The summed E-state index contributed by atoms with van der Waals surface area (Å²) < 4.78 is 5.29. The van der Waals surface area contributed by atoms with Crippen LogP contribution in [0.3, 0.4) is 0 Å². The quantitative estimate of drug-likeness (QED) is 0.00562. The first-order chi connectivity index (χ1) is 45.3. The fraction of sp³-hybridized carbons (Fsp3) is 0.403. The van der Waals surface area contributed by atoms with E-state index in [-0.39, 0.29) is 102 Å². The van der Waals surface area contributed by atoms with Crippen molar-refractivity contribution in [1.82, 2.24) is 42.1 Å². The molecule has 33 heteroatoms. The minimum absolute atomic E-state index is 0.0293. The van der Waals surface area contributed by atoms with Crippen molar-refractivity contribution in [2.45, 2.75) is 132 Å². The number of amides is 11. The van der Waals surface area contributed by atoms with Crippen molar-refractivity contribution >= 4 is 82.6 Å². The molecule has 0 aromatic heterocycles. The van der Waals surface area contributed by atoms with Gasteiger partial charge in [0.25, 0.3) is 0 Å². The van der Waals surface area contributed by atoms with Gasteiger partial charge < -0.3 is 92.1 Å². The van der Waals surface area contributed by atoms with Crippen LogP contribution in [0.1, 0.15) is 80.0 Å². The van der Waals surface area contributed by atoms with Crippen molar-refractivity contribution in [3.8, 4) is 11.5 Å². The molecule has 0 radical (unpaired) electrons. The number of benzene rings is 4. The zero-order chi connectivity index (χ0) is 69.6. The van der Waals surface area contributed by atoms with Gasteiger partial charge >= 0.3 is 0 Å². The van der Waals surface area contributed by atoms with Crippen molar-refractivity contribution in [3.63, 3.8) is 0 Å². The fourth-order valence-corrected chi connectivity index (χ4v) is 10.2. The number of phenols is 1. The molecule has 95 heavy (non-hydrogen) atoms. The maximum atomic E-state index is 14.8. The lowest BCUT2D eigenvalue weighted by Gasteiger charge is -2.31. The first-order valence-corrected chi connectivity index (χ1v) is 30.3. The summed E-state index contributed by atoms with van der Waals surface area (Å²) in [5, 5.41) is 31.5. The van der Waals surface area contributed by atoms with Gasteiger partial charge in [0.2, 0.25) is 65.0 Å². The number of aliphatic imine (C=N–C) groups is 2. The maximum absolute atomic E-state index is 14.8. The second kappa shape index (κ2) is 37.7. The summed E-state index contributed by atoms with van der Waals surface area (Å²) in [6.45, 7) is -0.0397. The first-order valence-electron chi connectivity index (χ1n) is 30.3. The number of aromatic hydroxyl groups is 1. The highest BCUT2D eigenvalue weighted by Gasteiger charge is 2.41. The number of nitrogens with zero attached hydrogens (tertiary/aromatic N) is 6. The molecule has 1 aliphatic rings. The third-order valence-electron chi connectivity index (χ3n) is 15.0. The number of hydrogen-bond acceptors (Lipinski definition) is 16. The van der Waals surface area contributed by atoms with E-state index in [1.807, 2.05) is 0 Å². The van der Waals surface area contributed by atoms with Gasteiger partial charge in [0.05, 0.1) is 20.0 Å². The van der Waals surface area contributed by atoms with Crippen LogP contribution in [0.25, 0.3) is 10.4 Å². The number of nitrogens with two attached hydrogens (primary N) is 7. The van der Waals surface area contributed by atoms with E-state index < -0.39 is 133 Å². The number of carbonyl (C=O) groups excluding carboxylic acids is 11. The van der Waals surface area contributed by atoms with E-state index in [2.05, 4.69) is 57.2 Å². The molecule has 1 heterocycles. The monoisotopic (exact) mass is 1310 g/mol. The standard InChI is InChI=1S/C62H82N20O13/c1-95-41-23-17-37(18-24-41)32-46(73-52(86)33-38-13-19-39(20-14-38)80-81-70)56(90)78-47(31-35-8-3-2-4-9-35)57(91)74-43(25-26-50(63)84)55(89)79-48(34-51(64)85)58(92)76-44(11-6-28-72-62(68)69)60(94)82-29-7-12-49(82)59(93)75-42(10-5-27-71-61(66)67)54(88)77-45(53(65)87)30-36-15-21-40(83)22-16-36/h2-4,8-9,13-24,42-49,83H,5-7,10-12,25-34H2,1H3,(H2,63,84)(H2,64,85)(H2,65,87)(H,73,86)(H,74,91)(H,75,93)(H,76,92)(H,77,88)(H,78,90)(H,79,89)(H4,66,67,71)(H4,68,69,72)/t42-,43-,44-,45-,46+,47-,48-,49-/m0/s1. The predicted octanol–water partition coefficient (Wildman–Crippen LogP) is -2.27. The number of nitrogens with one attached hydrogen (secondary N) is 7. The van der Waals surface area contributed by atoms with Crippen LogP contribution in [0.2, 0.25) is 0 Å². The van der Waals surface area contributed by atoms with E-state index in [0.717, 1.165) is 0 Å². The molecule has 22 N–H and O–H groups in total. The Balaban J connectivity index is 1.39. The Bertz CT molecular complexity index is 3430. The number of rotatable bonds is 38. The molecule has 33 nitrogen and oxygen atoms in total. The van der Waals surface area contributed by atoms with E-state index in [0.29, 0.717) is 33.7 Å². The topological polar surface area (TPSA) is 560 Å². The summed E-state index contributed by atoms with van der Waals surface area (Å²) in [6.07, 6.45) is -2.17. The number of hydrogen-bond donors (Lipinski definition) is 15. The zero-order valence-corrected chi connectivity index (χ0v) is 52.3. The summed E-state index contributed by atoms with van der Waals surface area (Å²) in [5.74, 6) is -10.1. The molecule has 1 aliphatic heterocycles. The van der Waals surface area contributed by atoms with E-state index in [1.165, 1.54) is 48.4 Å².